The number of rotatable bonds is 2. The lowest BCUT2D eigenvalue weighted by Crippen LogP contribution is -2.26. The van der Waals surface area contributed by atoms with E-state index in [1.807, 2.05) is 0 Å². The van der Waals surface area contributed by atoms with Gasteiger partial charge >= 0.3 is 0 Å². The Bertz CT molecular complexity index is 61.4. The maximum atomic E-state index is 5.31. The predicted octanol–water partition coefficient (Wildman–Crippen LogP) is -0.765. The molecule has 1 aliphatic heterocycles. The average Bonchev–Trinajstić information content (AvgIpc) is 2.19. The minimum absolute atomic E-state index is 0.739. The topological polar surface area (TPSA) is 38.5 Å². The van der Waals surface area contributed by atoms with E-state index in [9.17, 15) is 0 Å². The van der Waals surface area contributed by atoms with Gasteiger partial charge in [-0.25, -0.2) is 0 Å². The normalized spacial score (nSPS) is 22.1. The van der Waals surface area contributed by atoms with E-state index < -0.39 is 0 Å². The fourth-order valence-electron chi connectivity index (χ4n) is 0.811. The van der Waals surface area contributed by atoms with E-state index in [1.54, 1.807) is 0 Å². The first-order valence-corrected chi connectivity index (χ1v) is 2.93. The zero-order chi connectivity index (χ0) is 5.82. The highest BCUT2D eigenvalue weighted by Crippen LogP contribution is 1.95. The molecule has 0 aromatic rings. The van der Waals surface area contributed by atoms with Crippen molar-refractivity contribution in [2.75, 3.05) is 33.0 Å². The molecule has 0 aromatic carbocycles. The van der Waals surface area contributed by atoms with Crippen LogP contribution >= 0.6 is 0 Å². The van der Waals surface area contributed by atoms with Crippen LogP contribution in [0.15, 0.2) is 0 Å². The fourth-order valence-corrected chi connectivity index (χ4v) is 0.811. The Morgan fingerprint density at radius 3 is 3.00 bits per heavy atom. The summed E-state index contributed by atoms with van der Waals surface area (Å²) in [6.07, 6.45) is 0. The largest absolute Gasteiger partial charge is 0.365 e. The van der Waals surface area contributed by atoms with Gasteiger partial charge in [0.1, 0.15) is 0 Å². The van der Waals surface area contributed by atoms with Crippen molar-refractivity contribution in [3.05, 3.63) is 0 Å². The number of hydrogen-bond acceptors (Lipinski definition) is 3. The Labute approximate surface area is 49.4 Å². The molecule has 1 saturated heterocycles. The van der Waals surface area contributed by atoms with Crippen molar-refractivity contribution in [2.24, 2.45) is 5.73 Å². The number of hydrogen-bond donors (Lipinski definition) is 1. The standard InChI is InChI=1S/C5H12N2O/c6-1-2-7-3-4-8-5-7/h1-6H2. The van der Waals surface area contributed by atoms with Gasteiger partial charge in [0.25, 0.3) is 0 Å². The summed E-state index contributed by atoms with van der Waals surface area (Å²) in [4.78, 5) is 2.19. The van der Waals surface area contributed by atoms with Crippen LogP contribution in [-0.2, 0) is 4.74 Å². The fraction of sp³-hybridized carbons (Fsp3) is 1.00. The average molecular weight is 116 g/mol. The van der Waals surface area contributed by atoms with Crippen LogP contribution in [0.25, 0.3) is 0 Å². The molecule has 0 unspecified atom stereocenters. The molecule has 3 nitrogen and oxygen atoms in total. The second-order valence-electron chi connectivity index (χ2n) is 1.94. The quantitative estimate of drug-likeness (QED) is 0.515. The van der Waals surface area contributed by atoms with E-state index in [-0.39, 0.29) is 0 Å². The molecular formula is C5H12N2O. The molecule has 1 fully saturated rings. The molecule has 2 N–H and O–H groups in total. The van der Waals surface area contributed by atoms with Gasteiger partial charge in [0.2, 0.25) is 0 Å². The molecule has 0 radical (unpaired) electrons. The van der Waals surface area contributed by atoms with Crippen molar-refractivity contribution in [1.29, 1.82) is 0 Å². The Morgan fingerprint density at radius 2 is 2.50 bits per heavy atom. The second kappa shape index (κ2) is 3.02. The van der Waals surface area contributed by atoms with Crippen LogP contribution in [0.4, 0.5) is 0 Å². The summed E-state index contributed by atoms with van der Waals surface area (Å²) in [7, 11) is 0. The van der Waals surface area contributed by atoms with Crippen molar-refractivity contribution in [2.45, 2.75) is 0 Å². The number of ether oxygens (including phenoxy) is 1. The first-order valence-electron chi connectivity index (χ1n) is 2.93. The first-order chi connectivity index (χ1) is 3.93. The smallest absolute Gasteiger partial charge is 0.0992 e. The van der Waals surface area contributed by atoms with E-state index in [1.165, 1.54) is 0 Å². The van der Waals surface area contributed by atoms with Gasteiger partial charge in [-0.1, -0.05) is 0 Å². The third-order valence-corrected chi connectivity index (χ3v) is 1.27. The Hall–Kier alpha value is -0.120. The molecule has 0 spiro atoms. The maximum Gasteiger partial charge on any atom is 0.0992 e. The molecule has 1 heterocycles. The van der Waals surface area contributed by atoms with Gasteiger partial charge in [-0.3, -0.25) is 4.90 Å². The van der Waals surface area contributed by atoms with E-state index in [0.717, 1.165) is 33.0 Å². The minimum atomic E-state index is 0.739. The monoisotopic (exact) mass is 116 g/mol. The lowest BCUT2D eigenvalue weighted by Gasteiger charge is -2.08. The minimum Gasteiger partial charge on any atom is -0.365 e. The van der Waals surface area contributed by atoms with Gasteiger partial charge in [0, 0.05) is 19.6 Å². The highest BCUT2D eigenvalue weighted by molar-refractivity contribution is 4.57. The van der Waals surface area contributed by atoms with Gasteiger partial charge < -0.3 is 10.5 Å². The van der Waals surface area contributed by atoms with Crippen molar-refractivity contribution in [3.8, 4) is 0 Å². The second-order valence-corrected chi connectivity index (χ2v) is 1.94. The van der Waals surface area contributed by atoms with Crippen molar-refractivity contribution in [1.82, 2.24) is 4.90 Å². The molecule has 48 valence electrons. The van der Waals surface area contributed by atoms with Crippen LogP contribution in [0.3, 0.4) is 0 Å². The molecule has 0 aliphatic carbocycles. The number of nitrogens with zero attached hydrogens (tertiary/aromatic N) is 1. The first kappa shape index (κ1) is 6.01. The predicted molar refractivity (Wildman–Crippen MR) is 31.4 cm³/mol. The lowest BCUT2D eigenvalue weighted by molar-refractivity contribution is 0.142. The molecule has 0 amide bonds. The molecule has 0 atom stereocenters. The maximum absolute atomic E-state index is 5.31. The van der Waals surface area contributed by atoms with E-state index in [2.05, 4.69) is 4.90 Å². The highest BCUT2D eigenvalue weighted by Gasteiger charge is 2.08. The molecule has 0 aromatic heterocycles. The van der Waals surface area contributed by atoms with E-state index in [0.29, 0.717) is 0 Å². The Kier molecular flexibility index (Phi) is 2.27. The third-order valence-electron chi connectivity index (χ3n) is 1.27. The van der Waals surface area contributed by atoms with Gasteiger partial charge in [0.15, 0.2) is 0 Å². The van der Waals surface area contributed by atoms with Gasteiger partial charge in [-0.15, -0.1) is 0 Å². The molecule has 3 heteroatoms. The van der Waals surface area contributed by atoms with Crippen LogP contribution in [0.2, 0.25) is 0 Å². The van der Waals surface area contributed by atoms with Gasteiger partial charge in [0.05, 0.1) is 13.3 Å². The summed E-state index contributed by atoms with van der Waals surface area (Å²) in [5.74, 6) is 0. The molecule has 1 rings (SSSR count). The zero-order valence-corrected chi connectivity index (χ0v) is 4.97. The Morgan fingerprint density at radius 1 is 1.62 bits per heavy atom. The van der Waals surface area contributed by atoms with Crippen molar-refractivity contribution in [3.63, 3.8) is 0 Å². The van der Waals surface area contributed by atoms with Crippen molar-refractivity contribution >= 4 is 0 Å². The summed E-state index contributed by atoms with van der Waals surface area (Å²) in [6, 6.07) is 0. The van der Waals surface area contributed by atoms with Crippen LogP contribution in [-0.4, -0.2) is 37.9 Å². The van der Waals surface area contributed by atoms with Crippen LogP contribution < -0.4 is 5.73 Å². The van der Waals surface area contributed by atoms with Gasteiger partial charge in [-0.05, 0) is 0 Å². The molecule has 8 heavy (non-hydrogen) atoms. The summed E-state index contributed by atoms with van der Waals surface area (Å²) >= 11 is 0. The van der Waals surface area contributed by atoms with Crippen LogP contribution in [0, 0.1) is 0 Å². The summed E-state index contributed by atoms with van der Waals surface area (Å²) < 4.78 is 5.08. The number of nitrogens with two attached hydrogens (primary N) is 1. The SMILES string of the molecule is NCCN1CCOC1. The van der Waals surface area contributed by atoms with E-state index >= 15 is 0 Å². The zero-order valence-electron chi connectivity index (χ0n) is 4.97. The third kappa shape index (κ3) is 1.43. The van der Waals surface area contributed by atoms with E-state index in [4.69, 9.17) is 10.5 Å². The molecule has 1 aliphatic rings. The summed E-state index contributed by atoms with van der Waals surface area (Å²) in [5, 5.41) is 0. The molecule has 0 bridgehead atoms. The Balaban J connectivity index is 2.06. The van der Waals surface area contributed by atoms with Crippen LogP contribution in [0.5, 0.6) is 0 Å². The van der Waals surface area contributed by atoms with Gasteiger partial charge in [-0.2, -0.15) is 0 Å². The lowest BCUT2D eigenvalue weighted by atomic mass is 10.5. The summed E-state index contributed by atoms with van der Waals surface area (Å²) in [5.41, 5.74) is 5.31. The van der Waals surface area contributed by atoms with Crippen LogP contribution in [0.1, 0.15) is 0 Å². The highest BCUT2D eigenvalue weighted by atomic mass is 16.5. The summed E-state index contributed by atoms with van der Waals surface area (Å²) in [6.45, 7) is 4.41. The van der Waals surface area contributed by atoms with Crippen molar-refractivity contribution < 1.29 is 4.74 Å². The molecule has 0 saturated carbocycles. The molecular weight excluding hydrogens is 104 g/mol.